The number of amides is 1. The molecule has 0 saturated heterocycles. The van der Waals surface area contributed by atoms with Gasteiger partial charge in [0.15, 0.2) is 5.65 Å². The predicted molar refractivity (Wildman–Crippen MR) is 80.3 cm³/mol. The fraction of sp³-hybridized carbons (Fsp3) is 0.133. The summed E-state index contributed by atoms with van der Waals surface area (Å²) in [5, 5.41) is 11.5. The lowest BCUT2D eigenvalue weighted by atomic mass is 10.2. The van der Waals surface area contributed by atoms with Gasteiger partial charge in [-0.05, 0) is 36.8 Å². The Hall–Kier alpha value is -2.40. The van der Waals surface area contributed by atoms with E-state index in [9.17, 15) is 4.79 Å². The van der Waals surface area contributed by atoms with Crippen LogP contribution in [-0.4, -0.2) is 20.5 Å². The molecule has 1 N–H and O–H groups in total. The second-order valence-electron chi connectivity index (χ2n) is 4.70. The van der Waals surface area contributed by atoms with Crippen LogP contribution in [0.25, 0.3) is 5.65 Å². The Morgan fingerprint density at radius 3 is 2.76 bits per heavy atom. The Bertz CT molecular complexity index is 795. The predicted octanol–water partition coefficient (Wildman–Crippen LogP) is 2.62. The van der Waals surface area contributed by atoms with E-state index in [1.54, 1.807) is 30.5 Å². The van der Waals surface area contributed by atoms with Crippen LogP contribution < -0.4 is 5.32 Å². The molecule has 3 aromatic rings. The van der Waals surface area contributed by atoms with Crippen LogP contribution in [0.3, 0.4) is 0 Å². The van der Waals surface area contributed by atoms with Crippen molar-refractivity contribution in [2.24, 2.45) is 0 Å². The summed E-state index contributed by atoms with van der Waals surface area (Å²) in [4.78, 5) is 12.1. The third-order valence-corrected chi connectivity index (χ3v) is 3.46. The van der Waals surface area contributed by atoms with E-state index in [4.69, 9.17) is 11.6 Å². The maximum absolute atomic E-state index is 12.1. The smallest absolute Gasteiger partial charge is 0.251 e. The first-order valence-corrected chi connectivity index (χ1v) is 6.85. The van der Waals surface area contributed by atoms with Gasteiger partial charge in [0, 0.05) is 23.3 Å². The van der Waals surface area contributed by atoms with Crippen LogP contribution >= 0.6 is 11.6 Å². The number of aryl methyl sites for hydroxylation is 1. The van der Waals surface area contributed by atoms with Crippen molar-refractivity contribution in [1.29, 1.82) is 0 Å². The van der Waals surface area contributed by atoms with Gasteiger partial charge in [0.2, 0.25) is 0 Å². The molecule has 2 heterocycles. The minimum atomic E-state index is -0.145. The average molecular weight is 301 g/mol. The molecule has 1 amide bonds. The van der Waals surface area contributed by atoms with Gasteiger partial charge in [-0.2, -0.15) is 0 Å². The van der Waals surface area contributed by atoms with Crippen LogP contribution in [0, 0.1) is 6.92 Å². The lowest BCUT2D eigenvalue weighted by Gasteiger charge is -2.06. The molecule has 0 bridgehead atoms. The highest BCUT2D eigenvalue weighted by molar-refractivity contribution is 6.30. The Kier molecular flexibility index (Phi) is 3.58. The van der Waals surface area contributed by atoms with Crippen molar-refractivity contribution in [3.05, 3.63) is 64.6 Å². The van der Waals surface area contributed by atoms with E-state index in [0.717, 1.165) is 11.4 Å². The van der Waals surface area contributed by atoms with Crippen molar-refractivity contribution < 1.29 is 4.79 Å². The van der Waals surface area contributed by atoms with Crippen LogP contribution in [0.15, 0.2) is 42.6 Å². The molecule has 21 heavy (non-hydrogen) atoms. The minimum Gasteiger partial charge on any atom is -0.348 e. The van der Waals surface area contributed by atoms with Crippen LogP contribution in [0.1, 0.15) is 21.7 Å². The summed E-state index contributed by atoms with van der Waals surface area (Å²) in [6.07, 6.45) is 1.79. The zero-order chi connectivity index (χ0) is 14.8. The lowest BCUT2D eigenvalue weighted by molar-refractivity contribution is 0.0951. The van der Waals surface area contributed by atoms with Crippen molar-refractivity contribution in [3.63, 3.8) is 0 Å². The molecule has 0 aliphatic heterocycles. The largest absolute Gasteiger partial charge is 0.348 e. The Labute approximate surface area is 126 Å². The van der Waals surface area contributed by atoms with E-state index < -0.39 is 0 Å². The number of benzene rings is 1. The zero-order valence-electron chi connectivity index (χ0n) is 11.4. The molecule has 6 heteroatoms. The molecule has 0 atom stereocenters. The number of nitrogens with one attached hydrogen (secondary N) is 1. The average Bonchev–Trinajstić information content (AvgIpc) is 2.87. The van der Waals surface area contributed by atoms with Gasteiger partial charge in [-0.15, -0.1) is 10.2 Å². The number of carbonyl (C=O) groups is 1. The van der Waals surface area contributed by atoms with Crippen LogP contribution in [0.4, 0.5) is 0 Å². The summed E-state index contributed by atoms with van der Waals surface area (Å²) in [6.45, 7) is 2.31. The fourth-order valence-electron chi connectivity index (χ4n) is 2.04. The van der Waals surface area contributed by atoms with Crippen molar-refractivity contribution in [1.82, 2.24) is 19.9 Å². The standard InChI is InChI=1S/C15H13ClN4O/c1-10-18-19-14-8-12(6-7-20(10)14)15(21)17-9-11-2-4-13(16)5-3-11/h2-8H,9H2,1H3,(H,17,21). The first-order chi connectivity index (χ1) is 10.1. The van der Waals surface area contributed by atoms with Gasteiger partial charge in [-0.1, -0.05) is 23.7 Å². The molecule has 106 valence electrons. The maximum atomic E-state index is 12.1. The summed E-state index contributed by atoms with van der Waals surface area (Å²) >= 11 is 5.83. The van der Waals surface area contributed by atoms with Crippen molar-refractivity contribution >= 4 is 23.2 Å². The molecule has 5 nitrogen and oxygen atoms in total. The van der Waals surface area contributed by atoms with Gasteiger partial charge in [0.1, 0.15) is 5.82 Å². The molecule has 3 rings (SSSR count). The van der Waals surface area contributed by atoms with Crippen molar-refractivity contribution in [2.45, 2.75) is 13.5 Å². The summed E-state index contributed by atoms with van der Waals surface area (Å²) in [5.41, 5.74) is 2.21. The molecule has 1 aromatic carbocycles. The molecule has 0 fully saturated rings. The molecule has 0 aliphatic rings. The van der Waals surface area contributed by atoms with Gasteiger partial charge in [0.25, 0.3) is 5.91 Å². The highest BCUT2D eigenvalue weighted by atomic mass is 35.5. The number of carbonyl (C=O) groups excluding carboxylic acids is 1. The first kappa shape index (κ1) is 13.6. The summed E-state index contributed by atoms with van der Waals surface area (Å²) in [6, 6.07) is 10.8. The van der Waals surface area contributed by atoms with Crippen molar-refractivity contribution in [3.8, 4) is 0 Å². The molecule has 0 spiro atoms. The quantitative estimate of drug-likeness (QED) is 0.809. The van der Waals surface area contributed by atoms with Gasteiger partial charge in [-0.25, -0.2) is 0 Å². The molecule has 2 aromatic heterocycles. The number of fused-ring (bicyclic) bond motifs is 1. The fourth-order valence-corrected chi connectivity index (χ4v) is 2.16. The lowest BCUT2D eigenvalue weighted by Crippen LogP contribution is -2.22. The van der Waals surface area contributed by atoms with E-state index in [1.807, 2.05) is 23.5 Å². The Balaban J connectivity index is 1.73. The normalized spacial score (nSPS) is 10.8. The van der Waals surface area contributed by atoms with Gasteiger partial charge >= 0.3 is 0 Å². The number of rotatable bonds is 3. The number of nitrogens with zero attached hydrogens (tertiary/aromatic N) is 3. The summed E-state index contributed by atoms with van der Waals surface area (Å²) in [7, 11) is 0. The highest BCUT2D eigenvalue weighted by Crippen LogP contribution is 2.10. The second-order valence-corrected chi connectivity index (χ2v) is 5.14. The van der Waals surface area contributed by atoms with Gasteiger partial charge in [-0.3, -0.25) is 9.20 Å². The second kappa shape index (κ2) is 5.54. The van der Waals surface area contributed by atoms with Crippen LogP contribution in [-0.2, 0) is 6.54 Å². The third kappa shape index (κ3) is 2.87. The number of halogens is 1. The molecular weight excluding hydrogens is 288 g/mol. The Morgan fingerprint density at radius 1 is 1.24 bits per heavy atom. The molecule has 0 radical (unpaired) electrons. The molecule has 0 saturated carbocycles. The SMILES string of the molecule is Cc1nnc2cc(C(=O)NCc3ccc(Cl)cc3)ccn12. The molecule has 0 aliphatic carbocycles. The van der Waals surface area contributed by atoms with E-state index >= 15 is 0 Å². The summed E-state index contributed by atoms with van der Waals surface area (Å²) in [5.74, 6) is 0.645. The minimum absolute atomic E-state index is 0.145. The first-order valence-electron chi connectivity index (χ1n) is 6.47. The number of pyridine rings is 1. The van der Waals surface area contributed by atoms with Gasteiger partial charge < -0.3 is 5.32 Å². The third-order valence-electron chi connectivity index (χ3n) is 3.21. The zero-order valence-corrected chi connectivity index (χ0v) is 12.1. The monoisotopic (exact) mass is 300 g/mol. The van der Waals surface area contributed by atoms with Gasteiger partial charge in [0.05, 0.1) is 0 Å². The Morgan fingerprint density at radius 2 is 2.00 bits per heavy atom. The van der Waals surface area contributed by atoms with E-state index in [-0.39, 0.29) is 5.91 Å². The maximum Gasteiger partial charge on any atom is 0.251 e. The van der Waals surface area contributed by atoms with E-state index in [0.29, 0.717) is 22.8 Å². The van der Waals surface area contributed by atoms with Crippen LogP contribution in [0.5, 0.6) is 0 Å². The topological polar surface area (TPSA) is 59.3 Å². The molecular formula is C15H13ClN4O. The number of hydrogen-bond donors (Lipinski definition) is 1. The van der Waals surface area contributed by atoms with Crippen LogP contribution in [0.2, 0.25) is 5.02 Å². The van der Waals surface area contributed by atoms with E-state index in [2.05, 4.69) is 15.5 Å². The van der Waals surface area contributed by atoms with E-state index in [1.165, 1.54) is 0 Å². The highest BCUT2D eigenvalue weighted by Gasteiger charge is 2.08. The van der Waals surface area contributed by atoms with Crippen molar-refractivity contribution in [2.75, 3.05) is 0 Å². The number of aromatic nitrogens is 3. The number of hydrogen-bond acceptors (Lipinski definition) is 3. The summed E-state index contributed by atoms with van der Waals surface area (Å²) < 4.78 is 1.83. The molecule has 0 unspecified atom stereocenters.